The Bertz CT molecular complexity index is 378. The first kappa shape index (κ1) is 12.8. The van der Waals surface area contributed by atoms with Crippen molar-refractivity contribution in [1.29, 1.82) is 0 Å². The molecular weight excluding hydrogens is 245 g/mol. The van der Waals surface area contributed by atoms with Crippen LogP contribution in [-0.4, -0.2) is 35.3 Å². The van der Waals surface area contributed by atoms with Gasteiger partial charge in [0.15, 0.2) is 5.13 Å². The Hall–Kier alpha value is -1.31. The number of halogens is 3. The Morgan fingerprint density at radius 2 is 2.25 bits per heavy atom. The van der Waals surface area contributed by atoms with Gasteiger partial charge < -0.3 is 10.0 Å². The van der Waals surface area contributed by atoms with Crippen LogP contribution in [0.15, 0.2) is 6.20 Å². The average molecular weight is 254 g/mol. The van der Waals surface area contributed by atoms with E-state index in [1.54, 1.807) is 6.92 Å². The van der Waals surface area contributed by atoms with Crippen molar-refractivity contribution in [2.45, 2.75) is 13.1 Å². The van der Waals surface area contributed by atoms with E-state index < -0.39 is 18.7 Å². The number of thiazole rings is 1. The molecule has 0 spiro atoms. The molecule has 0 aromatic carbocycles. The minimum atomic E-state index is -4.33. The summed E-state index contributed by atoms with van der Waals surface area (Å²) >= 11 is 0.730. The molecule has 0 bridgehead atoms. The number of hydrogen-bond donors (Lipinski definition) is 1. The summed E-state index contributed by atoms with van der Waals surface area (Å²) in [6, 6.07) is 0. The fourth-order valence-corrected chi connectivity index (χ4v) is 1.86. The lowest BCUT2D eigenvalue weighted by molar-refractivity contribution is -0.119. The second-order valence-electron chi connectivity index (χ2n) is 2.94. The molecule has 4 nitrogen and oxygen atoms in total. The van der Waals surface area contributed by atoms with Crippen LogP contribution in [0.25, 0.3) is 0 Å². The minimum absolute atomic E-state index is 0.0669. The zero-order chi connectivity index (χ0) is 12.3. The highest BCUT2D eigenvalue weighted by Gasteiger charge is 2.31. The Morgan fingerprint density at radius 1 is 1.62 bits per heavy atom. The first-order valence-corrected chi connectivity index (χ1v) is 5.16. The Balaban J connectivity index is 2.83. The summed E-state index contributed by atoms with van der Waals surface area (Å²) < 4.78 is 36.5. The van der Waals surface area contributed by atoms with Crippen LogP contribution in [0.2, 0.25) is 0 Å². The first-order chi connectivity index (χ1) is 7.33. The number of carbonyl (C=O) groups is 1. The van der Waals surface area contributed by atoms with Gasteiger partial charge in [0.1, 0.15) is 11.4 Å². The second-order valence-corrected chi connectivity index (χ2v) is 3.95. The molecule has 1 heterocycles. The van der Waals surface area contributed by atoms with Gasteiger partial charge in [-0.05, 0) is 6.92 Å². The highest BCUT2D eigenvalue weighted by atomic mass is 32.1. The van der Waals surface area contributed by atoms with E-state index in [4.69, 9.17) is 5.11 Å². The molecule has 1 rings (SSSR count). The summed E-state index contributed by atoms with van der Waals surface area (Å²) in [6.45, 7) is 0.537. The quantitative estimate of drug-likeness (QED) is 0.895. The molecule has 0 aliphatic heterocycles. The van der Waals surface area contributed by atoms with Crippen molar-refractivity contribution in [3.05, 3.63) is 11.1 Å². The van der Waals surface area contributed by atoms with E-state index >= 15 is 0 Å². The van der Waals surface area contributed by atoms with Crippen LogP contribution in [-0.2, 0) is 0 Å². The van der Waals surface area contributed by atoms with Crippen molar-refractivity contribution in [1.82, 2.24) is 4.98 Å². The zero-order valence-corrected chi connectivity index (χ0v) is 9.10. The number of rotatable bonds is 4. The van der Waals surface area contributed by atoms with E-state index in [0.717, 1.165) is 22.4 Å². The number of carboxylic acids is 1. The Labute approximate surface area is 93.3 Å². The van der Waals surface area contributed by atoms with Gasteiger partial charge in [-0.3, -0.25) is 0 Å². The molecule has 0 radical (unpaired) electrons. The van der Waals surface area contributed by atoms with Gasteiger partial charge in [-0.1, -0.05) is 11.3 Å². The maximum atomic E-state index is 12.2. The molecular formula is C8H9F3N2O2S. The molecule has 0 saturated heterocycles. The van der Waals surface area contributed by atoms with Crippen molar-refractivity contribution in [2.24, 2.45) is 0 Å². The van der Waals surface area contributed by atoms with Crippen molar-refractivity contribution >= 4 is 22.4 Å². The third-order valence-corrected chi connectivity index (χ3v) is 2.77. The molecule has 0 atom stereocenters. The normalized spacial score (nSPS) is 11.5. The molecule has 1 aromatic rings. The van der Waals surface area contributed by atoms with Crippen molar-refractivity contribution < 1.29 is 23.1 Å². The summed E-state index contributed by atoms with van der Waals surface area (Å²) in [5, 5.41) is 8.68. The zero-order valence-electron chi connectivity index (χ0n) is 8.28. The molecule has 1 aromatic heterocycles. The predicted molar refractivity (Wildman–Crippen MR) is 53.0 cm³/mol. The summed E-state index contributed by atoms with van der Waals surface area (Å²) in [7, 11) is 0. The third kappa shape index (κ3) is 3.37. The fourth-order valence-electron chi connectivity index (χ4n) is 1.04. The predicted octanol–water partition coefficient (Wildman–Crippen LogP) is 2.23. The van der Waals surface area contributed by atoms with E-state index in [0.29, 0.717) is 0 Å². The van der Waals surface area contributed by atoms with E-state index in [9.17, 15) is 18.0 Å². The lowest BCUT2D eigenvalue weighted by Gasteiger charge is -2.20. The Kier molecular flexibility index (Phi) is 3.74. The molecule has 0 aliphatic carbocycles. The molecule has 0 aliphatic rings. The molecule has 0 fully saturated rings. The SMILES string of the molecule is CCN(CC(F)(F)F)c1ncc(C(=O)O)s1. The molecule has 0 unspecified atom stereocenters. The van der Waals surface area contributed by atoms with Crippen LogP contribution in [0.5, 0.6) is 0 Å². The fraction of sp³-hybridized carbons (Fsp3) is 0.500. The van der Waals surface area contributed by atoms with Crippen molar-refractivity contribution in [3.8, 4) is 0 Å². The van der Waals surface area contributed by atoms with E-state index in [2.05, 4.69) is 4.98 Å². The number of carboxylic acid groups (broad SMARTS) is 1. The van der Waals surface area contributed by atoms with Gasteiger partial charge in [-0.2, -0.15) is 13.2 Å². The standard InChI is InChI=1S/C8H9F3N2O2S/c1-2-13(4-8(9,10)11)7-12-3-5(16-7)6(14)15/h3H,2,4H2,1H3,(H,14,15). The lowest BCUT2D eigenvalue weighted by Crippen LogP contribution is -2.33. The van der Waals surface area contributed by atoms with Crippen LogP contribution in [0.1, 0.15) is 16.6 Å². The van der Waals surface area contributed by atoms with Gasteiger partial charge in [-0.15, -0.1) is 0 Å². The van der Waals surface area contributed by atoms with E-state index in [1.165, 1.54) is 0 Å². The maximum Gasteiger partial charge on any atom is 0.406 e. The van der Waals surface area contributed by atoms with Crippen molar-refractivity contribution in [2.75, 3.05) is 18.0 Å². The van der Waals surface area contributed by atoms with E-state index in [1.807, 2.05) is 0 Å². The van der Waals surface area contributed by atoms with Crippen LogP contribution in [0.4, 0.5) is 18.3 Å². The third-order valence-electron chi connectivity index (χ3n) is 1.73. The largest absolute Gasteiger partial charge is 0.477 e. The van der Waals surface area contributed by atoms with Gasteiger partial charge in [0, 0.05) is 6.54 Å². The summed E-state index contributed by atoms with van der Waals surface area (Å²) in [6.07, 6.45) is -3.27. The Morgan fingerprint density at radius 3 is 2.62 bits per heavy atom. The smallest absolute Gasteiger partial charge is 0.406 e. The van der Waals surface area contributed by atoms with Gasteiger partial charge >= 0.3 is 12.1 Å². The summed E-state index contributed by atoms with van der Waals surface area (Å²) in [5.74, 6) is -1.19. The second kappa shape index (κ2) is 4.69. The summed E-state index contributed by atoms with van der Waals surface area (Å²) in [5.41, 5.74) is 0. The molecule has 90 valence electrons. The van der Waals surface area contributed by atoms with Crippen LogP contribution < -0.4 is 4.90 Å². The number of hydrogen-bond acceptors (Lipinski definition) is 4. The monoisotopic (exact) mass is 254 g/mol. The van der Waals surface area contributed by atoms with Crippen molar-refractivity contribution in [3.63, 3.8) is 0 Å². The number of aromatic carboxylic acids is 1. The van der Waals surface area contributed by atoms with Gasteiger partial charge in [-0.25, -0.2) is 9.78 Å². The van der Waals surface area contributed by atoms with E-state index in [-0.39, 0.29) is 16.6 Å². The number of anilines is 1. The van der Waals surface area contributed by atoms with Crippen LogP contribution in [0.3, 0.4) is 0 Å². The molecule has 8 heteroatoms. The average Bonchev–Trinajstić information content (AvgIpc) is 2.61. The van der Waals surface area contributed by atoms with Crippen LogP contribution >= 0.6 is 11.3 Å². The minimum Gasteiger partial charge on any atom is -0.477 e. The lowest BCUT2D eigenvalue weighted by atomic mass is 10.5. The maximum absolute atomic E-state index is 12.2. The van der Waals surface area contributed by atoms with Gasteiger partial charge in [0.2, 0.25) is 0 Å². The highest BCUT2D eigenvalue weighted by Crippen LogP contribution is 2.26. The summed E-state index contributed by atoms with van der Waals surface area (Å²) in [4.78, 5) is 15.1. The number of nitrogens with zero attached hydrogens (tertiary/aromatic N) is 2. The van der Waals surface area contributed by atoms with Crippen LogP contribution in [0, 0.1) is 0 Å². The first-order valence-electron chi connectivity index (χ1n) is 4.34. The van der Waals surface area contributed by atoms with Gasteiger partial charge in [0.25, 0.3) is 0 Å². The molecule has 0 amide bonds. The molecule has 1 N–H and O–H groups in total. The highest BCUT2D eigenvalue weighted by molar-refractivity contribution is 7.17. The topological polar surface area (TPSA) is 53.4 Å². The van der Waals surface area contributed by atoms with Gasteiger partial charge in [0.05, 0.1) is 6.20 Å². The molecule has 16 heavy (non-hydrogen) atoms. The number of aromatic nitrogens is 1. The molecule has 0 saturated carbocycles. The number of alkyl halides is 3.